The van der Waals surface area contributed by atoms with E-state index < -0.39 is 31.3 Å². The van der Waals surface area contributed by atoms with Crippen LogP contribution in [0.25, 0.3) is 11.0 Å². The summed E-state index contributed by atoms with van der Waals surface area (Å²) < 4.78 is 28.5. The molecule has 1 heterocycles. The van der Waals surface area contributed by atoms with Crippen LogP contribution in [0.3, 0.4) is 0 Å². The molecule has 2 aromatic carbocycles. The van der Waals surface area contributed by atoms with Crippen molar-refractivity contribution in [1.29, 1.82) is 0 Å². The van der Waals surface area contributed by atoms with Gasteiger partial charge in [-0.25, -0.2) is 23.2 Å². The van der Waals surface area contributed by atoms with Crippen molar-refractivity contribution in [3.63, 3.8) is 0 Å². The van der Waals surface area contributed by atoms with Gasteiger partial charge in [0.1, 0.15) is 11.5 Å². The average Bonchev–Trinajstić information content (AvgIpc) is 2.64. The van der Waals surface area contributed by atoms with Gasteiger partial charge in [-0.2, -0.15) is 0 Å². The molecule has 0 bridgehead atoms. The first-order chi connectivity index (χ1) is 13.2. The van der Waals surface area contributed by atoms with E-state index in [-0.39, 0.29) is 12.2 Å². The number of fused-ring (bicyclic) bond motifs is 1. The number of aryl methyl sites for hydroxylation is 1. The Morgan fingerprint density at radius 1 is 1.14 bits per heavy atom. The number of nitrogens with zero attached hydrogens (tertiary/aromatic N) is 3. The van der Waals surface area contributed by atoms with E-state index in [1.54, 1.807) is 13.0 Å². The molecule has 0 fully saturated rings. The van der Waals surface area contributed by atoms with Crippen molar-refractivity contribution >= 4 is 32.5 Å². The minimum absolute atomic E-state index is 0.134. The number of carbonyl (C=O) groups is 1. The van der Waals surface area contributed by atoms with E-state index in [0.717, 1.165) is 18.4 Å². The first-order valence-electron chi connectivity index (χ1n) is 8.04. The van der Waals surface area contributed by atoms with E-state index in [0.29, 0.717) is 22.4 Å². The standard InChI is InChI=1S/C18H15N3O6S/c1-11-15(20-14-6-4-3-5-13(14)19-11)10-27-18(22)12-7-8-17(28(2,25)26)16(9-12)21(23)24/h3-9H,10H2,1-2H3. The van der Waals surface area contributed by atoms with Crippen molar-refractivity contribution in [3.8, 4) is 0 Å². The third kappa shape index (κ3) is 3.96. The molecule has 0 saturated heterocycles. The highest BCUT2D eigenvalue weighted by atomic mass is 32.2. The van der Waals surface area contributed by atoms with Crippen LogP contribution in [0, 0.1) is 17.0 Å². The van der Waals surface area contributed by atoms with E-state index in [1.165, 1.54) is 6.07 Å². The maximum Gasteiger partial charge on any atom is 0.338 e. The third-order valence-electron chi connectivity index (χ3n) is 3.97. The van der Waals surface area contributed by atoms with Gasteiger partial charge in [0, 0.05) is 12.3 Å². The minimum Gasteiger partial charge on any atom is -0.456 e. The molecule has 0 atom stereocenters. The van der Waals surface area contributed by atoms with Crippen molar-refractivity contribution in [3.05, 3.63) is 69.5 Å². The Bertz CT molecular complexity index is 1210. The number of esters is 1. The SMILES string of the molecule is Cc1nc2ccccc2nc1COC(=O)c1ccc(S(C)(=O)=O)c([N+](=O)[O-])c1. The topological polar surface area (TPSA) is 129 Å². The number of nitro groups is 1. The maximum absolute atomic E-state index is 12.3. The van der Waals surface area contributed by atoms with Crippen LogP contribution in [0.15, 0.2) is 47.4 Å². The lowest BCUT2D eigenvalue weighted by Crippen LogP contribution is -2.10. The summed E-state index contributed by atoms with van der Waals surface area (Å²) in [4.78, 5) is 30.9. The molecule has 0 radical (unpaired) electrons. The quantitative estimate of drug-likeness (QED) is 0.362. The summed E-state index contributed by atoms with van der Waals surface area (Å²) in [7, 11) is -3.81. The number of benzene rings is 2. The van der Waals surface area contributed by atoms with Crippen LogP contribution < -0.4 is 0 Å². The highest BCUT2D eigenvalue weighted by Crippen LogP contribution is 2.25. The molecule has 28 heavy (non-hydrogen) atoms. The molecule has 0 amide bonds. The first kappa shape index (κ1) is 19.4. The van der Waals surface area contributed by atoms with Gasteiger partial charge in [-0.05, 0) is 31.2 Å². The number of aromatic nitrogens is 2. The molecule has 9 nitrogen and oxygen atoms in total. The van der Waals surface area contributed by atoms with Gasteiger partial charge in [0.25, 0.3) is 5.69 Å². The fourth-order valence-electron chi connectivity index (χ4n) is 2.58. The second-order valence-corrected chi connectivity index (χ2v) is 8.02. The van der Waals surface area contributed by atoms with Gasteiger partial charge in [0.05, 0.1) is 32.9 Å². The highest BCUT2D eigenvalue weighted by Gasteiger charge is 2.24. The van der Waals surface area contributed by atoms with Gasteiger partial charge in [0.2, 0.25) is 0 Å². The molecule has 0 unspecified atom stereocenters. The molecule has 0 spiro atoms. The van der Waals surface area contributed by atoms with Crippen LogP contribution in [0.5, 0.6) is 0 Å². The summed E-state index contributed by atoms with van der Waals surface area (Å²) in [6.07, 6.45) is 0.856. The Labute approximate surface area is 160 Å². The number of sulfone groups is 1. The van der Waals surface area contributed by atoms with Crippen molar-refractivity contribution in [2.75, 3.05) is 6.26 Å². The van der Waals surface area contributed by atoms with E-state index >= 15 is 0 Å². The third-order valence-corrected chi connectivity index (χ3v) is 5.12. The van der Waals surface area contributed by atoms with Gasteiger partial charge in [-0.15, -0.1) is 0 Å². The van der Waals surface area contributed by atoms with Crippen molar-refractivity contribution in [2.45, 2.75) is 18.4 Å². The van der Waals surface area contributed by atoms with Crippen molar-refractivity contribution in [2.24, 2.45) is 0 Å². The van der Waals surface area contributed by atoms with Crippen LogP contribution in [0.2, 0.25) is 0 Å². The van der Waals surface area contributed by atoms with Crippen LogP contribution in [-0.4, -0.2) is 35.5 Å². The van der Waals surface area contributed by atoms with Crippen molar-refractivity contribution < 1.29 is 22.9 Å². The number of ether oxygens (including phenoxy) is 1. The number of rotatable bonds is 5. The highest BCUT2D eigenvalue weighted by molar-refractivity contribution is 7.90. The molecular formula is C18H15N3O6S. The monoisotopic (exact) mass is 401 g/mol. The van der Waals surface area contributed by atoms with Gasteiger partial charge in [-0.1, -0.05) is 12.1 Å². The molecule has 144 valence electrons. The molecule has 0 aliphatic rings. The zero-order valence-corrected chi connectivity index (χ0v) is 15.8. The van der Waals surface area contributed by atoms with Crippen LogP contribution >= 0.6 is 0 Å². The summed E-state index contributed by atoms with van der Waals surface area (Å²) in [6, 6.07) is 10.3. The van der Waals surface area contributed by atoms with E-state index in [1.807, 2.05) is 18.2 Å². The molecule has 3 aromatic rings. The average molecular weight is 401 g/mol. The summed E-state index contributed by atoms with van der Waals surface area (Å²) in [5, 5.41) is 11.2. The summed E-state index contributed by atoms with van der Waals surface area (Å²) >= 11 is 0. The second kappa shape index (κ2) is 7.31. The smallest absolute Gasteiger partial charge is 0.338 e. The van der Waals surface area contributed by atoms with E-state index in [4.69, 9.17) is 4.74 Å². The molecule has 0 aliphatic carbocycles. The molecule has 3 rings (SSSR count). The number of carbonyl (C=O) groups excluding carboxylic acids is 1. The molecule has 0 aliphatic heterocycles. The normalized spacial score (nSPS) is 11.4. The summed E-state index contributed by atoms with van der Waals surface area (Å²) in [5.41, 5.74) is 1.58. The van der Waals surface area contributed by atoms with Gasteiger partial charge < -0.3 is 4.74 Å². The Hall–Kier alpha value is -3.40. The van der Waals surface area contributed by atoms with Crippen LogP contribution in [-0.2, 0) is 21.2 Å². The predicted molar refractivity (Wildman–Crippen MR) is 99.6 cm³/mol. The van der Waals surface area contributed by atoms with Gasteiger partial charge in [-0.3, -0.25) is 10.1 Å². The summed E-state index contributed by atoms with van der Waals surface area (Å²) in [6.45, 7) is 1.55. The fraction of sp³-hybridized carbons (Fsp3) is 0.167. The summed E-state index contributed by atoms with van der Waals surface area (Å²) in [5.74, 6) is -0.836. The number of nitro benzene ring substituents is 1. The second-order valence-electron chi connectivity index (χ2n) is 6.03. The number of para-hydroxylation sites is 2. The number of hydrogen-bond donors (Lipinski definition) is 0. The van der Waals surface area contributed by atoms with Gasteiger partial charge in [0.15, 0.2) is 9.84 Å². The van der Waals surface area contributed by atoms with Crippen LogP contribution in [0.1, 0.15) is 21.7 Å². The van der Waals surface area contributed by atoms with E-state index in [9.17, 15) is 23.3 Å². The Balaban J connectivity index is 1.85. The minimum atomic E-state index is -3.81. The Kier molecular flexibility index (Phi) is 5.06. The Morgan fingerprint density at radius 2 is 1.79 bits per heavy atom. The predicted octanol–water partition coefficient (Wildman–Crippen LogP) is 2.61. The zero-order chi connectivity index (χ0) is 20.5. The molecule has 10 heteroatoms. The lowest BCUT2D eigenvalue weighted by molar-refractivity contribution is -0.387. The first-order valence-corrected chi connectivity index (χ1v) is 9.94. The molecule has 0 N–H and O–H groups in total. The largest absolute Gasteiger partial charge is 0.456 e. The van der Waals surface area contributed by atoms with E-state index in [2.05, 4.69) is 9.97 Å². The Morgan fingerprint density at radius 3 is 2.39 bits per heavy atom. The van der Waals surface area contributed by atoms with Gasteiger partial charge >= 0.3 is 5.97 Å². The molecule has 0 saturated carbocycles. The number of hydrogen-bond acceptors (Lipinski definition) is 8. The molecular weight excluding hydrogens is 386 g/mol. The molecule has 1 aromatic heterocycles. The lowest BCUT2D eigenvalue weighted by atomic mass is 10.2. The zero-order valence-electron chi connectivity index (χ0n) is 14.9. The van der Waals surface area contributed by atoms with Crippen molar-refractivity contribution in [1.82, 2.24) is 9.97 Å². The fourth-order valence-corrected chi connectivity index (χ4v) is 3.41. The lowest BCUT2D eigenvalue weighted by Gasteiger charge is -2.08. The maximum atomic E-state index is 12.3. The van der Waals surface area contributed by atoms with Crippen LogP contribution in [0.4, 0.5) is 5.69 Å².